The molecule has 0 saturated carbocycles. The molecule has 6 heteroatoms. The molecule has 29 heavy (non-hydrogen) atoms. The number of rotatable bonds is 8. The van der Waals surface area contributed by atoms with Crippen LogP contribution in [-0.4, -0.2) is 33.6 Å². The minimum absolute atomic E-state index is 0.210. The average Bonchev–Trinajstić information content (AvgIpc) is 3.18. The highest BCUT2D eigenvalue weighted by Gasteiger charge is 2.21. The van der Waals surface area contributed by atoms with Gasteiger partial charge in [0.1, 0.15) is 0 Å². The molecule has 0 aliphatic rings. The van der Waals surface area contributed by atoms with Crippen molar-refractivity contribution < 1.29 is 4.79 Å². The topological polar surface area (TPSA) is 51.0 Å². The number of benzene rings is 2. The van der Waals surface area contributed by atoms with Crippen LogP contribution in [0.1, 0.15) is 38.2 Å². The molecule has 0 unspecified atom stereocenters. The lowest BCUT2D eigenvalue weighted by Crippen LogP contribution is -2.32. The molecule has 0 N–H and O–H groups in total. The van der Waals surface area contributed by atoms with E-state index in [-0.39, 0.29) is 6.03 Å². The van der Waals surface area contributed by atoms with Gasteiger partial charge < -0.3 is 0 Å². The quantitative estimate of drug-likeness (QED) is 0.337. The number of para-hydroxylation sites is 1. The number of hydrogen-bond acceptors (Lipinski definition) is 4. The van der Waals surface area contributed by atoms with Gasteiger partial charge >= 0.3 is 6.03 Å². The fourth-order valence-corrected chi connectivity index (χ4v) is 3.86. The highest BCUT2D eigenvalue weighted by molar-refractivity contribution is 7.99. The van der Waals surface area contributed by atoms with Crippen LogP contribution in [0, 0.1) is 6.92 Å². The van der Waals surface area contributed by atoms with Crippen molar-refractivity contribution in [1.29, 1.82) is 0 Å². The van der Waals surface area contributed by atoms with Crippen molar-refractivity contribution in [3.8, 4) is 11.4 Å². The van der Waals surface area contributed by atoms with E-state index in [9.17, 15) is 4.79 Å². The van der Waals surface area contributed by atoms with Crippen LogP contribution in [0.2, 0.25) is 0 Å². The minimum atomic E-state index is -0.210. The molecular weight excluding hydrogens is 380 g/mol. The van der Waals surface area contributed by atoms with Gasteiger partial charge in [0, 0.05) is 24.1 Å². The lowest BCUT2D eigenvalue weighted by molar-refractivity contribution is 0.244. The molecule has 0 atom stereocenters. The van der Waals surface area contributed by atoms with Crippen LogP contribution in [-0.2, 0) is 0 Å². The second-order valence-electron chi connectivity index (χ2n) is 7.08. The van der Waals surface area contributed by atoms with Crippen molar-refractivity contribution in [2.75, 3.05) is 17.7 Å². The van der Waals surface area contributed by atoms with Crippen LogP contribution in [0.25, 0.3) is 11.4 Å². The maximum Gasteiger partial charge on any atom is 0.351 e. The van der Waals surface area contributed by atoms with Crippen LogP contribution in [0.4, 0.5) is 10.5 Å². The Morgan fingerprint density at radius 1 is 1.03 bits per heavy atom. The summed E-state index contributed by atoms with van der Waals surface area (Å²) < 4.78 is 1.44. The molecular formula is C23H28N4OS. The van der Waals surface area contributed by atoms with Gasteiger partial charge in [0.25, 0.3) is 0 Å². The van der Waals surface area contributed by atoms with Gasteiger partial charge in [-0.3, -0.25) is 4.90 Å². The van der Waals surface area contributed by atoms with E-state index in [0.29, 0.717) is 11.0 Å². The standard InChI is InChI=1S/C23H28N4OS/c1-4-5-6-10-17-29-22-24-21(19-15-13-18(2)14-16-19)25-27(22)23(28)26(3)20-11-8-7-9-12-20/h7-9,11-16H,4-6,10,17H2,1-3H3. The molecule has 1 heterocycles. The van der Waals surface area contributed by atoms with E-state index in [0.717, 1.165) is 23.4 Å². The summed E-state index contributed by atoms with van der Waals surface area (Å²) in [6.45, 7) is 4.25. The molecule has 3 rings (SSSR count). The molecule has 0 saturated heterocycles. The molecule has 0 spiro atoms. The normalized spacial score (nSPS) is 10.9. The van der Waals surface area contributed by atoms with E-state index in [1.165, 1.54) is 29.5 Å². The Morgan fingerprint density at radius 3 is 2.45 bits per heavy atom. The summed E-state index contributed by atoms with van der Waals surface area (Å²) in [5.41, 5.74) is 2.92. The fraction of sp³-hybridized carbons (Fsp3) is 0.348. The SMILES string of the molecule is CCCCCCSc1nc(-c2ccc(C)cc2)nn1C(=O)N(C)c1ccccc1. The summed E-state index contributed by atoms with van der Waals surface area (Å²) in [5.74, 6) is 1.50. The number of carbonyl (C=O) groups excluding carboxylic acids is 1. The molecule has 1 amide bonds. The van der Waals surface area contributed by atoms with Gasteiger partial charge in [0.2, 0.25) is 0 Å². The number of aromatic nitrogens is 3. The van der Waals surface area contributed by atoms with Gasteiger partial charge in [0.15, 0.2) is 11.0 Å². The Morgan fingerprint density at radius 2 is 1.76 bits per heavy atom. The molecule has 1 aromatic heterocycles. The largest absolute Gasteiger partial charge is 0.351 e. The van der Waals surface area contributed by atoms with Gasteiger partial charge in [-0.15, -0.1) is 5.10 Å². The van der Waals surface area contributed by atoms with Crippen molar-refractivity contribution >= 4 is 23.5 Å². The lowest BCUT2D eigenvalue weighted by atomic mass is 10.1. The minimum Gasteiger partial charge on any atom is -0.296 e. The molecule has 3 aromatic rings. The van der Waals surface area contributed by atoms with Gasteiger partial charge in [-0.05, 0) is 25.5 Å². The number of unbranched alkanes of at least 4 members (excludes halogenated alkanes) is 3. The highest BCUT2D eigenvalue weighted by Crippen LogP contribution is 2.24. The predicted molar refractivity (Wildman–Crippen MR) is 121 cm³/mol. The highest BCUT2D eigenvalue weighted by atomic mass is 32.2. The monoisotopic (exact) mass is 408 g/mol. The first-order chi connectivity index (χ1) is 14.1. The molecule has 0 bridgehead atoms. The zero-order valence-corrected chi connectivity index (χ0v) is 18.2. The average molecular weight is 409 g/mol. The van der Waals surface area contributed by atoms with Crippen molar-refractivity contribution in [2.45, 2.75) is 44.7 Å². The van der Waals surface area contributed by atoms with Crippen molar-refractivity contribution in [3.05, 3.63) is 60.2 Å². The first kappa shape index (κ1) is 21.1. The number of amides is 1. The number of carbonyl (C=O) groups is 1. The maximum atomic E-state index is 13.2. The van der Waals surface area contributed by atoms with Crippen LogP contribution in [0.5, 0.6) is 0 Å². The van der Waals surface area contributed by atoms with Gasteiger partial charge in [-0.2, -0.15) is 4.68 Å². The maximum absolute atomic E-state index is 13.2. The first-order valence-electron chi connectivity index (χ1n) is 10.1. The first-order valence-corrected chi connectivity index (χ1v) is 11.1. The van der Waals surface area contributed by atoms with Gasteiger partial charge in [-0.25, -0.2) is 9.78 Å². The number of nitrogens with zero attached hydrogens (tertiary/aromatic N) is 4. The van der Waals surface area contributed by atoms with E-state index in [4.69, 9.17) is 4.98 Å². The van der Waals surface area contributed by atoms with E-state index in [2.05, 4.69) is 12.0 Å². The summed E-state index contributed by atoms with van der Waals surface area (Å²) >= 11 is 1.60. The van der Waals surface area contributed by atoms with E-state index >= 15 is 0 Å². The summed E-state index contributed by atoms with van der Waals surface area (Å²) in [6, 6.07) is 17.4. The third-order valence-electron chi connectivity index (χ3n) is 4.73. The molecule has 2 aromatic carbocycles. The van der Waals surface area contributed by atoms with E-state index in [1.54, 1.807) is 23.7 Å². The molecule has 0 radical (unpaired) electrons. The predicted octanol–water partition coefficient (Wildman–Crippen LogP) is 6.03. The Balaban J connectivity index is 1.86. The Kier molecular flexibility index (Phi) is 7.47. The Bertz CT molecular complexity index is 922. The van der Waals surface area contributed by atoms with Gasteiger partial charge in [-0.1, -0.05) is 86.0 Å². The number of aryl methyl sites for hydroxylation is 1. The van der Waals surface area contributed by atoms with E-state index in [1.807, 2.05) is 61.5 Å². The van der Waals surface area contributed by atoms with Crippen LogP contribution < -0.4 is 4.90 Å². The molecule has 0 aliphatic carbocycles. The summed E-state index contributed by atoms with van der Waals surface area (Å²) in [5, 5.41) is 5.21. The third-order valence-corrected chi connectivity index (χ3v) is 5.74. The van der Waals surface area contributed by atoms with E-state index < -0.39 is 0 Å². The van der Waals surface area contributed by atoms with Crippen molar-refractivity contribution in [1.82, 2.24) is 14.8 Å². The summed E-state index contributed by atoms with van der Waals surface area (Å²) in [6.07, 6.45) is 4.74. The van der Waals surface area contributed by atoms with Crippen molar-refractivity contribution in [2.24, 2.45) is 0 Å². The number of hydrogen-bond donors (Lipinski definition) is 0. The van der Waals surface area contributed by atoms with Crippen LogP contribution in [0.3, 0.4) is 0 Å². The zero-order chi connectivity index (χ0) is 20.6. The third kappa shape index (κ3) is 5.48. The van der Waals surface area contributed by atoms with Crippen LogP contribution >= 0.6 is 11.8 Å². The van der Waals surface area contributed by atoms with Crippen molar-refractivity contribution in [3.63, 3.8) is 0 Å². The molecule has 152 valence electrons. The molecule has 0 aliphatic heterocycles. The smallest absolute Gasteiger partial charge is 0.296 e. The lowest BCUT2D eigenvalue weighted by Gasteiger charge is -2.17. The second-order valence-corrected chi connectivity index (χ2v) is 8.14. The van der Waals surface area contributed by atoms with Gasteiger partial charge in [0.05, 0.1) is 0 Å². The fourth-order valence-electron chi connectivity index (χ4n) is 2.94. The van der Waals surface area contributed by atoms with Crippen LogP contribution in [0.15, 0.2) is 59.8 Å². The zero-order valence-electron chi connectivity index (χ0n) is 17.3. The second kappa shape index (κ2) is 10.3. The number of thioether (sulfide) groups is 1. The number of anilines is 1. The molecule has 0 fully saturated rings. The molecule has 5 nitrogen and oxygen atoms in total. The summed E-state index contributed by atoms with van der Waals surface area (Å²) in [4.78, 5) is 19.5. The Labute approximate surface area is 177 Å². The Hall–Kier alpha value is -2.60. The summed E-state index contributed by atoms with van der Waals surface area (Å²) in [7, 11) is 1.76.